The number of carbonyl (C=O) groups excluding carboxylic acids is 3. The predicted molar refractivity (Wildman–Crippen MR) is 158 cm³/mol. The molecule has 1 aliphatic carbocycles. The minimum Gasteiger partial charge on any atom is -0.465 e. The van der Waals surface area contributed by atoms with E-state index in [9.17, 15) is 14.4 Å². The lowest BCUT2D eigenvalue weighted by Crippen LogP contribution is -2.39. The van der Waals surface area contributed by atoms with Gasteiger partial charge in [0.05, 0.1) is 25.9 Å². The van der Waals surface area contributed by atoms with E-state index in [4.69, 9.17) is 14.2 Å². The molecule has 1 N–H and O–H groups in total. The fourth-order valence-corrected chi connectivity index (χ4v) is 4.27. The average Bonchev–Trinajstić information content (AvgIpc) is 3.37. The lowest BCUT2D eigenvalue weighted by atomic mass is 10.1. The normalized spacial score (nSPS) is 14.7. The third-order valence-electron chi connectivity index (χ3n) is 6.63. The molecule has 1 aromatic carbocycles. The number of carbonyl (C=O) groups is 3. The van der Waals surface area contributed by atoms with Crippen LogP contribution in [0.1, 0.15) is 47.8 Å². The second kappa shape index (κ2) is 14.7. The predicted octanol–water partition coefficient (Wildman–Crippen LogP) is 4.05. The van der Waals surface area contributed by atoms with Gasteiger partial charge in [0.15, 0.2) is 0 Å². The maximum Gasteiger partial charge on any atom is 0.410 e. The summed E-state index contributed by atoms with van der Waals surface area (Å²) in [7, 11) is 5.08. The third-order valence-corrected chi connectivity index (χ3v) is 6.63. The van der Waals surface area contributed by atoms with E-state index in [1.165, 1.54) is 7.11 Å². The zero-order valence-corrected chi connectivity index (χ0v) is 24.9. The van der Waals surface area contributed by atoms with E-state index in [2.05, 4.69) is 15.2 Å². The number of amides is 2. The average molecular weight is 567 g/mol. The molecule has 0 bridgehead atoms. The maximum absolute atomic E-state index is 12.8. The Hall–Kier alpha value is -3.76. The zero-order chi connectivity index (χ0) is 30.0. The molecule has 1 unspecified atom stereocenters. The van der Waals surface area contributed by atoms with Gasteiger partial charge in [-0.3, -0.25) is 4.79 Å². The number of benzene rings is 1. The molecule has 1 aromatic heterocycles. The summed E-state index contributed by atoms with van der Waals surface area (Å²) in [6.07, 6.45) is 6.42. The molecule has 1 heterocycles. The van der Waals surface area contributed by atoms with Gasteiger partial charge in [-0.2, -0.15) is 0 Å². The van der Waals surface area contributed by atoms with E-state index in [0.29, 0.717) is 50.5 Å². The van der Waals surface area contributed by atoms with Crippen LogP contribution in [0, 0.1) is 5.92 Å². The van der Waals surface area contributed by atoms with Crippen LogP contribution in [0.2, 0.25) is 0 Å². The van der Waals surface area contributed by atoms with Crippen molar-refractivity contribution < 1.29 is 28.6 Å². The summed E-state index contributed by atoms with van der Waals surface area (Å²) in [4.78, 5) is 44.7. The van der Waals surface area contributed by atoms with Crippen molar-refractivity contribution in [2.75, 3.05) is 59.4 Å². The van der Waals surface area contributed by atoms with Crippen molar-refractivity contribution in [1.29, 1.82) is 0 Å². The lowest BCUT2D eigenvalue weighted by Gasteiger charge is -2.26. The highest BCUT2D eigenvalue weighted by atomic mass is 16.6. The Morgan fingerprint density at radius 3 is 2.49 bits per heavy atom. The number of likely N-dealkylation sites (N-methyl/N-ethyl adjacent to an activating group) is 2. The van der Waals surface area contributed by atoms with E-state index in [0.717, 1.165) is 23.2 Å². The summed E-state index contributed by atoms with van der Waals surface area (Å²) >= 11 is 0. The number of nitrogens with one attached hydrogen (secondary N) is 1. The molecular weight excluding hydrogens is 524 g/mol. The summed E-state index contributed by atoms with van der Waals surface area (Å²) in [5, 5.41) is 2.90. The van der Waals surface area contributed by atoms with Crippen LogP contribution in [0.4, 0.5) is 10.6 Å². The number of nitrogens with zero attached hydrogens (tertiary/aromatic N) is 3. The van der Waals surface area contributed by atoms with Crippen LogP contribution in [0.15, 0.2) is 42.6 Å². The molecule has 2 aromatic rings. The molecular formula is C31H42N4O6. The molecule has 1 atom stereocenters. The maximum atomic E-state index is 12.8. The molecule has 0 aliphatic heterocycles. The van der Waals surface area contributed by atoms with Crippen LogP contribution in [-0.4, -0.2) is 92.4 Å². The summed E-state index contributed by atoms with van der Waals surface area (Å²) in [5.41, 5.74) is 2.97. The van der Waals surface area contributed by atoms with Gasteiger partial charge in [0.25, 0.3) is 0 Å². The van der Waals surface area contributed by atoms with Gasteiger partial charge in [-0.1, -0.05) is 18.2 Å². The monoisotopic (exact) mass is 566 g/mol. The van der Waals surface area contributed by atoms with E-state index in [1.54, 1.807) is 30.3 Å². The third kappa shape index (κ3) is 10.3. The molecule has 0 radical (unpaired) electrons. The van der Waals surface area contributed by atoms with E-state index < -0.39 is 5.60 Å². The Morgan fingerprint density at radius 1 is 1.05 bits per heavy atom. The largest absolute Gasteiger partial charge is 0.465 e. The Bertz CT molecular complexity index is 1220. The first-order chi connectivity index (χ1) is 19.4. The second-order valence-electron chi connectivity index (χ2n) is 11.2. The summed E-state index contributed by atoms with van der Waals surface area (Å²) in [6.45, 7) is 8.61. The summed E-state index contributed by atoms with van der Waals surface area (Å²) < 4.78 is 15.8. The van der Waals surface area contributed by atoms with Gasteiger partial charge < -0.3 is 29.3 Å². The van der Waals surface area contributed by atoms with Gasteiger partial charge in [-0.15, -0.1) is 0 Å². The van der Waals surface area contributed by atoms with Gasteiger partial charge in [-0.05, 0) is 81.6 Å². The highest BCUT2D eigenvalue weighted by molar-refractivity contribution is 5.93. The molecule has 0 saturated heterocycles. The number of ether oxygens (including phenoxy) is 3. The SMILES string of the molecule is COC(=O)c1ccc2c(c1)CC(C(=O)Nc1ccc(/C=C/COCCN(C)CCN(C)C(=O)OC(C)(C)C)cn1)C2. The van der Waals surface area contributed by atoms with E-state index in [1.807, 2.05) is 58.2 Å². The van der Waals surface area contributed by atoms with Crippen molar-refractivity contribution >= 4 is 29.9 Å². The van der Waals surface area contributed by atoms with Crippen LogP contribution < -0.4 is 5.32 Å². The van der Waals surface area contributed by atoms with Gasteiger partial charge >= 0.3 is 12.1 Å². The molecule has 1 aliphatic rings. The first-order valence-corrected chi connectivity index (χ1v) is 13.8. The van der Waals surface area contributed by atoms with Crippen molar-refractivity contribution in [3.63, 3.8) is 0 Å². The molecule has 10 nitrogen and oxygen atoms in total. The molecule has 0 spiro atoms. The van der Waals surface area contributed by atoms with Crippen molar-refractivity contribution in [3.05, 3.63) is 64.9 Å². The Morgan fingerprint density at radius 2 is 1.80 bits per heavy atom. The number of rotatable bonds is 12. The van der Waals surface area contributed by atoms with Crippen LogP contribution in [0.5, 0.6) is 0 Å². The molecule has 41 heavy (non-hydrogen) atoms. The smallest absolute Gasteiger partial charge is 0.410 e. The highest BCUT2D eigenvalue weighted by Gasteiger charge is 2.28. The van der Waals surface area contributed by atoms with E-state index >= 15 is 0 Å². The number of anilines is 1. The highest BCUT2D eigenvalue weighted by Crippen LogP contribution is 2.28. The summed E-state index contributed by atoms with van der Waals surface area (Å²) in [5.74, 6) is -0.182. The Kier molecular flexibility index (Phi) is 11.4. The van der Waals surface area contributed by atoms with Gasteiger partial charge in [0.1, 0.15) is 11.4 Å². The van der Waals surface area contributed by atoms with E-state index in [-0.39, 0.29) is 23.9 Å². The molecule has 2 amide bonds. The minimum absolute atomic E-state index is 0.0912. The number of esters is 1. The fraction of sp³-hybridized carbons (Fsp3) is 0.484. The van der Waals surface area contributed by atoms with Crippen LogP contribution in [0.3, 0.4) is 0 Å². The fourth-order valence-electron chi connectivity index (χ4n) is 4.27. The van der Waals surface area contributed by atoms with Crippen LogP contribution in [0.25, 0.3) is 6.08 Å². The number of pyridine rings is 1. The van der Waals surface area contributed by atoms with Gasteiger partial charge in [-0.25, -0.2) is 14.6 Å². The van der Waals surface area contributed by atoms with Crippen LogP contribution in [-0.2, 0) is 31.8 Å². The number of methoxy groups -OCH3 is 1. The van der Waals surface area contributed by atoms with Gasteiger partial charge in [0, 0.05) is 38.8 Å². The molecule has 222 valence electrons. The Labute approximate surface area is 242 Å². The van der Waals surface area contributed by atoms with Crippen molar-refractivity contribution in [3.8, 4) is 0 Å². The minimum atomic E-state index is -0.504. The van der Waals surface area contributed by atoms with Crippen molar-refractivity contribution in [2.45, 2.75) is 39.2 Å². The zero-order valence-electron chi connectivity index (χ0n) is 24.9. The standard InChI is InChI=1S/C31H42N4O6/c1-31(2,3)41-30(38)35(5)14-13-34(4)15-17-40-16-7-8-22-9-12-27(32-21-22)33-28(36)26-18-23-10-11-24(29(37)39-6)19-25(23)20-26/h7-12,19,21,26H,13-18,20H2,1-6H3,(H,32,33,36)/b8-7+. The van der Waals surface area contributed by atoms with Crippen LogP contribution >= 0.6 is 0 Å². The molecule has 10 heteroatoms. The lowest BCUT2D eigenvalue weighted by molar-refractivity contribution is -0.119. The topological polar surface area (TPSA) is 110 Å². The molecule has 3 rings (SSSR count). The summed E-state index contributed by atoms with van der Waals surface area (Å²) in [6, 6.07) is 9.10. The first kappa shape index (κ1) is 31.8. The van der Waals surface area contributed by atoms with Crippen molar-refractivity contribution in [1.82, 2.24) is 14.8 Å². The molecule has 0 fully saturated rings. The van der Waals surface area contributed by atoms with Gasteiger partial charge in [0.2, 0.25) is 5.91 Å². The number of fused-ring (bicyclic) bond motifs is 1. The van der Waals surface area contributed by atoms with Crippen molar-refractivity contribution in [2.24, 2.45) is 5.92 Å². The number of hydrogen-bond donors (Lipinski definition) is 1. The quantitative estimate of drug-likeness (QED) is 0.303. The first-order valence-electron chi connectivity index (χ1n) is 13.8. The second-order valence-corrected chi connectivity index (χ2v) is 11.2. The number of hydrogen-bond acceptors (Lipinski definition) is 8. The molecule has 0 saturated carbocycles. The Balaban J connectivity index is 1.33. The number of aromatic nitrogens is 1.